The number of unbranched alkanes of at least 4 members (excludes halogenated alkanes) is 15. The molecule has 2 aliphatic heterocycles. The van der Waals surface area contributed by atoms with Gasteiger partial charge >= 0.3 is 6.09 Å². The van der Waals surface area contributed by atoms with Crippen LogP contribution in [0.15, 0.2) is 0 Å². The third-order valence-electron chi connectivity index (χ3n) is 12.1. The largest absolute Gasteiger partial charge is 0.446 e. The van der Waals surface area contributed by atoms with Crippen LogP contribution in [0.5, 0.6) is 0 Å². The molecule has 2 unspecified atom stereocenters. The molecule has 6 nitrogen and oxygen atoms in total. The number of carbonyl (C=O) groups is 1. The highest BCUT2D eigenvalue weighted by Gasteiger charge is 2.41. The number of carbonyl (C=O) groups excluding carboxylic acids is 1. The van der Waals surface area contributed by atoms with Crippen LogP contribution in [0, 0.1) is 5.92 Å². The minimum absolute atomic E-state index is 0.0322. The molecule has 2 atom stereocenters. The summed E-state index contributed by atoms with van der Waals surface area (Å²) >= 11 is 0. The summed E-state index contributed by atoms with van der Waals surface area (Å²) < 4.78 is 11.9. The number of nitrogens with zero attached hydrogens (tertiary/aromatic N) is 1. The first kappa shape index (κ1) is 44.3. The zero-order chi connectivity index (χ0) is 36.2. The Morgan fingerprint density at radius 3 is 1.67 bits per heavy atom. The molecule has 1 saturated carbocycles. The summed E-state index contributed by atoms with van der Waals surface area (Å²) in [5.41, 5.74) is 0.468. The number of amides is 1. The van der Waals surface area contributed by atoms with Crippen LogP contribution in [0.1, 0.15) is 209 Å². The second-order valence-corrected chi connectivity index (χ2v) is 18.2. The minimum Gasteiger partial charge on any atom is -0.446 e. The Kier molecular flexibility index (Phi) is 21.4. The fourth-order valence-electron chi connectivity index (χ4n) is 8.65. The van der Waals surface area contributed by atoms with E-state index in [4.69, 9.17) is 9.47 Å². The Labute approximate surface area is 305 Å². The molecule has 290 valence electrons. The second kappa shape index (κ2) is 23.7. The van der Waals surface area contributed by atoms with Crippen molar-refractivity contribution >= 4 is 6.09 Å². The van der Waals surface area contributed by atoms with E-state index >= 15 is 0 Å². The van der Waals surface area contributed by atoms with Gasteiger partial charge in [-0.3, -0.25) is 0 Å². The zero-order valence-corrected chi connectivity index (χ0v) is 34.4. The van der Waals surface area contributed by atoms with E-state index in [0.717, 1.165) is 45.3 Å². The van der Waals surface area contributed by atoms with Crippen molar-refractivity contribution in [3.8, 4) is 0 Å². The van der Waals surface area contributed by atoms with Gasteiger partial charge in [-0.05, 0) is 87.1 Å². The third kappa shape index (κ3) is 19.0. The SMILES string of the molecule is CC1C(OC(=O)NC2CCCCC2)CCN(C)C1(C)C.CCCCCCCCCCCCCCCCCCOC1CC(C)(C)NC(C)(C)C1. The van der Waals surface area contributed by atoms with Gasteiger partial charge in [0.2, 0.25) is 0 Å². The molecule has 0 bridgehead atoms. The Hall–Kier alpha value is -0.850. The Morgan fingerprint density at radius 2 is 1.18 bits per heavy atom. The fraction of sp³-hybridized carbons (Fsp3) is 0.977. The summed E-state index contributed by atoms with van der Waals surface area (Å²) in [6, 6.07) is 0.325. The normalized spacial score (nSPS) is 24.2. The van der Waals surface area contributed by atoms with Crippen molar-refractivity contribution in [1.82, 2.24) is 15.5 Å². The molecule has 1 aliphatic carbocycles. The van der Waals surface area contributed by atoms with Crippen molar-refractivity contribution in [3.63, 3.8) is 0 Å². The van der Waals surface area contributed by atoms with Gasteiger partial charge in [-0.25, -0.2) is 4.79 Å². The predicted molar refractivity (Wildman–Crippen MR) is 211 cm³/mol. The van der Waals surface area contributed by atoms with Crippen LogP contribution in [0.25, 0.3) is 0 Å². The number of hydrogen-bond acceptors (Lipinski definition) is 5. The monoisotopic (exact) mass is 692 g/mol. The Balaban J connectivity index is 0.000000362. The number of hydrogen-bond donors (Lipinski definition) is 2. The molecule has 2 N–H and O–H groups in total. The maximum absolute atomic E-state index is 12.1. The molecule has 49 heavy (non-hydrogen) atoms. The first-order chi connectivity index (χ1) is 23.3. The van der Waals surface area contributed by atoms with Crippen molar-refractivity contribution in [2.45, 2.75) is 244 Å². The van der Waals surface area contributed by atoms with E-state index < -0.39 is 0 Å². The van der Waals surface area contributed by atoms with Crippen LogP contribution >= 0.6 is 0 Å². The highest BCUT2D eigenvalue weighted by Crippen LogP contribution is 2.34. The maximum Gasteiger partial charge on any atom is 0.407 e. The van der Waals surface area contributed by atoms with Crippen LogP contribution < -0.4 is 10.6 Å². The standard InChI is InChI=1S/C27H55NO.C16H30N2O2/c1-6-7-8-9-10-11-12-13-14-15-16-17-18-19-20-21-22-29-25-23-26(2,3)28-27(4,5)24-25;1-12-14(10-11-18(4)16(12,2)3)20-15(19)17-13-8-6-5-7-9-13/h25,28H,6-24H2,1-5H3;12-14H,5-11H2,1-4H3,(H,17,19). The number of likely N-dealkylation sites (tertiary alicyclic amines) is 1. The second-order valence-electron chi connectivity index (χ2n) is 18.2. The van der Waals surface area contributed by atoms with E-state index in [2.05, 4.69) is 78.0 Å². The van der Waals surface area contributed by atoms with Gasteiger partial charge < -0.3 is 25.0 Å². The van der Waals surface area contributed by atoms with Crippen molar-refractivity contribution in [3.05, 3.63) is 0 Å². The lowest BCUT2D eigenvalue weighted by Crippen LogP contribution is -2.59. The van der Waals surface area contributed by atoms with Crippen LogP contribution in [-0.2, 0) is 9.47 Å². The third-order valence-corrected chi connectivity index (χ3v) is 12.1. The summed E-state index contributed by atoms with van der Waals surface area (Å²) in [6.07, 6.45) is 32.2. The molecular weight excluding hydrogens is 606 g/mol. The summed E-state index contributed by atoms with van der Waals surface area (Å²) in [5, 5.41) is 6.79. The lowest BCUT2D eigenvalue weighted by molar-refractivity contribution is -0.0482. The summed E-state index contributed by atoms with van der Waals surface area (Å²) in [5.74, 6) is 0.346. The van der Waals surface area contributed by atoms with E-state index in [9.17, 15) is 4.79 Å². The van der Waals surface area contributed by atoms with Gasteiger partial charge in [0.25, 0.3) is 0 Å². The first-order valence-corrected chi connectivity index (χ1v) is 21.3. The molecule has 2 heterocycles. The first-order valence-electron chi connectivity index (χ1n) is 21.3. The molecule has 0 aromatic rings. The van der Waals surface area contributed by atoms with Gasteiger partial charge in [0.15, 0.2) is 0 Å². The zero-order valence-electron chi connectivity index (χ0n) is 34.4. The molecule has 2 saturated heterocycles. The van der Waals surface area contributed by atoms with E-state index in [0.29, 0.717) is 18.1 Å². The van der Waals surface area contributed by atoms with Crippen LogP contribution in [0.2, 0.25) is 0 Å². The molecule has 0 aromatic carbocycles. The Morgan fingerprint density at radius 1 is 0.714 bits per heavy atom. The van der Waals surface area contributed by atoms with Crippen molar-refractivity contribution in [2.24, 2.45) is 5.92 Å². The van der Waals surface area contributed by atoms with Crippen LogP contribution in [0.4, 0.5) is 4.79 Å². The number of nitrogens with one attached hydrogen (secondary N) is 2. The van der Waals surface area contributed by atoms with Crippen molar-refractivity contribution < 1.29 is 14.3 Å². The minimum atomic E-state index is -0.214. The predicted octanol–water partition coefficient (Wildman–Crippen LogP) is 11.7. The smallest absolute Gasteiger partial charge is 0.407 e. The highest BCUT2D eigenvalue weighted by atomic mass is 16.6. The van der Waals surface area contributed by atoms with E-state index in [1.54, 1.807) is 0 Å². The molecule has 0 radical (unpaired) electrons. The highest BCUT2D eigenvalue weighted by molar-refractivity contribution is 5.67. The van der Waals surface area contributed by atoms with E-state index in [-0.39, 0.29) is 28.8 Å². The molecule has 6 heteroatoms. The Bertz CT molecular complexity index is 837. The number of ether oxygens (including phenoxy) is 2. The van der Waals surface area contributed by atoms with Gasteiger partial charge in [0, 0.05) is 41.7 Å². The molecule has 3 aliphatic rings. The molecule has 0 spiro atoms. The van der Waals surface area contributed by atoms with Crippen molar-refractivity contribution in [1.29, 1.82) is 0 Å². The number of rotatable bonds is 20. The maximum atomic E-state index is 12.1. The van der Waals surface area contributed by atoms with Crippen LogP contribution in [0.3, 0.4) is 0 Å². The van der Waals surface area contributed by atoms with E-state index in [1.165, 1.54) is 122 Å². The molecule has 3 fully saturated rings. The van der Waals surface area contributed by atoms with Crippen molar-refractivity contribution in [2.75, 3.05) is 20.2 Å². The molecular formula is C43H85N3O3. The van der Waals surface area contributed by atoms with Gasteiger partial charge in [-0.1, -0.05) is 129 Å². The van der Waals surface area contributed by atoms with Crippen LogP contribution in [-0.4, -0.2) is 66.1 Å². The average molecular weight is 692 g/mol. The van der Waals surface area contributed by atoms with Gasteiger partial charge in [0.1, 0.15) is 6.10 Å². The average Bonchev–Trinajstić information content (AvgIpc) is 3.02. The lowest BCUT2D eigenvalue weighted by Gasteiger charge is -2.48. The summed E-state index contributed by atoms with van der Waals surface area (Å²) in [7, 11) is 2.15. The summed E-state index contributed by atoms with van der Waals surface area (Å²) in [4.78, 5) is 14.4. The van der Waals surface area contributed by atoms with E-state index in [1.807, 2.05) is 0 Å². The fourth-order valence-corrected chi connectivity index (χ4v) is 8.65. The quantitative estimate of drug-likeness (QED) is 0.124. The number of piperidine rings is 2. The van der Waals surface area contributed by atoms with Gasteiger partial charge in [-0.2, -0.15) is 0 Å². The lowest BCUT2D eigenvalue weighted by atomic mass is 9.79. The molecule has 0 aromatic heterocycles. The summed E-state index contributed by atoms with van der Waals surface area (Å²) in [6.45, 7) is 20.1. The topological polar surface area (TPSA) is 62.8 Å². The number of alkyl carbamates (subject to hydrolysis) is 1. The molecule has 1 amide bonds. The molecule has 3 rings (SSSR count). The van der Waals surface area contributed by atoms with Gasteiger partial charge in [-0.15, -0.1) is 0 Å². The van der Waals surface area contributed by atoms with Gasteiger partial charge in [0.05, 0.1) is 6.10 Å².